The fraction of sp³-hybridized carbons (Fsp3) is 0.744. The van der Waals surface area contributed by atoms with Crippen molar-refractivity contribution in [3.63, 3.8) is 0 Å². The van der Waals surface area contributed by atoms with Crippen molar-refractivity contribution in [1.29, 1.82) is 0 Å². The van der Waals surface area contributed by atoms with Gasteiger partial charge in [0.05, 0.1) is 0 Å². The molecule has 0 aliphatic heterocycles. The summed E-state index contributed by atoms with van der Waals surface area (Å²) in [7, 11) is 0. The standard InChI is InChI=1S/C43H74O6/c1-4-7-10-13-16-19-21-22-25-27-30-33-36-42(45)48-39-40(38-47-41(44)35-32-29-26-23-18-15-12-9-6-3)49-43(46)37-34-31-28-24-20-17-14-11-8-5-2/h7,10,16,19,22-23,25-26,40H,4-6,8-9,11-15,17-18,20-21,24,27-39H2,1-3H3/b10-7-,19-16-,25-22-,26-23-. The van der Waals surface area contributed by atoms with Crippen molar-refractivity contribution in [3.8, 4) is 0 Å². The Morgan fingerprint density at radius 2 is 0.816 bits per heavy atom. The van der Waals surface area contributed by atoms with Gasteiger partial charge in [-0.25, -0.2) is 0 Å². The molecule has 6 heteroatoms. The first kappa shape index (κ1) is 46.4. The Balaban J connectivity index is 4.46. The van der Waals surface area contributed by atoms with E-state index in [9.17, 15) is 14.4 Å². The van der Waals surface area contributed by atoms with Crippen molar-refractivity contribution in [1.82, 2.24) is 0 Å². The number of hydrogen-bond acceptors (Lipinski definition) is 6. The van der Waals surface area contributed by atoms with Gasteiger partial charge in [-0.15, -0.1) is 0 Å². The van der Waals surface area contributed by atoms with Crippen molar-refractivity contribution >= 4 is 17.9 Å². The molecule has 0 bridgehead atoms. The minimum Gasteiger partial charge on any atom is -0.462 e. The van der Waals surface area contributed by atoms with E-state index in [1.807, 2.05) is 0 Å². The fourth-order valence-corrected chi connectivity index (χ4v) is 5.28. The Kier molecular flexibility index (Phi) is 36.1. The van der Waals surface area contributed by atoms with Gasteiger partial charge < -0.3 is 14.2 Å². The van der Waals surface area contributed by atoms with Gasteiger partial charge in [-0.3, -0.25) is 14.4 Å². The molecule has 0 aliphatic carbocycles. The van der Waals surface area contributed by atoms with Crippen LogP contribution in [0.3, 0.4) is 0 Å². The number of ether oxygens (including phenoxy) is 3. The zero-order valence-corrected chi connectivity index (χ0v) is 31.9. The van der Waals surface area contributed by atoms with Gasteiger partial charge in [0.2, 0.25) is 0 Å². The molecule has 0 aromatic carbocycles. The van der Waals surface area contributed by atoms with Gasteiger partial charge in [0, 0.05) is 19.3 Å². The molecule has 0 N–H and O–H groups in total. The summed E-state index contributed by atoms with van der Waals surface area (Å²) in [6.07, 6.45) is 42.5. The van der Waals surface area contributed by atoms with E-state index in [0.717, 1.165) is 70.6 Å². The Morgan fingerprint density at radius 3 is 1.39 bits per heavy atom. The molecule has 1 atom stereocenters. The van der Waals surface area contributed by atoms with Crippen LogP contribution in [0.15, 0.2) is 48.6 Å². The lowest BCUT2D eigenvalue weighted by Crippen LogP contribution is -2.30. The van der Waals surface area contributed by atoms with E-state index in [1.165, 1.54) is 70.6 Å². The molecule has 0 saturated carbocycles. The largest absolute Gasteiger partial charge is 0.462 e. The molecule has 0 rings (SSSR count). The van der Waals surface area contributed by atoms with Crippen LogP contribution in [0.2, 0.25) is 0 Å². The quantitative estimate of drug-likeness (QED) is 0.0286. The molecule has 0 aromatic heterocycles. The smallest absolute Gasteiger partial charge is 0.306 e. The highest BCUT2D eigenvalue weighted by Gasteiger charge is 2.19. The third-order valence-corrected chi connectivity index (χ3v) is 8.32. The number of hydrogen-bond donors (Lipinski definition) is 0. The highest BCUT2D eigenvalue weighted by molar-refractivity contribution is 5.71. The minimum absolute atomic E-state index is 0.0999. The molecule has 0 radical (unpaired) electrons. The Labute approximate surface area is 301 Å². The fourth-order valence-electron chi connectivity index (χ4n) is 5.28. The summed E-state index contributed by atoms with van der Waals surface area (Å²) in [6, 6.07) is 0. The summed E-state index contributed by atoms with van der Waals surface area (Å²) in [6.45, 7) is 6.38. The van der Waals surface area contributed by atoms with Crippen LogP contribution in [0.25, 0.3) is 0 Å². The topological polar surface area (TPSA) is 78.9 Å². The Bertz CT molecular complexity index is 887. The van der Waals surface area contributed by atoms with Crippen LogP contribution in [0.4, 0.5) is 0 Å². The molecule has 1 unspecified atom stereocenters. The van der Waals surface area contributed by atoms with Gasteiger partial charge in [0.1, 0.15) is 13.2 Å². The van der Waals surface area contributed by atoms with Gasteiger partial charge in [-0.2, -0.15) is 0 Å². The highest BCUT2D eigenvalue weighted by atomic mass is 16.6. The van der Waals surface area contributed by atoms with Crippen LogP contribution in [0.1, 0.15) is 188 Å². The summed E-state index contributed by atoms with van der Waals surface area (Å²) in [4.78, 5) is 37.4. The second-order valence-electron chi connectivity index (χ2n) is 13.2. The van der Waals surface area contributed by atoms with Crippen molar-refractivity contribution in [2.45, 2.75) is 194 Å². The monoisotopic (exact) mass is 687 g/mol. The maximum atomic E-state index is 12.6. The first-order valence-electron chi connectivity index (χ1n) is 20.1. The molecular weight excluding hydrogens is 612 g/mol. The van der Waals surface area contributed by atoms with Crippen LogP contribution in [0.5, 0.6) is 0 Å². The second-order valence-corrected chi connectivity index (χ2v) is 13.2. The predicted octanol–water partition coefficient (Wildman–Crippen LogP) is 12.4. The average Bonchev–Trinajstić information content (AvgIpc) is 3.10. The highest BCUT2D eigenvalue weighted by Crippen LogP contribution is 2.13. The van der Waals surface area contributed by atoms with Crippen LogP contribution in [0, 0.1) is 0 Å². The molecule has 0 heterocycles. The normalized spacial score (nSPS) is 12.5. The molecule has 0 fully saturated rings. The Morgan fingerprint density at radius 1 is 0.429 bits per heavy atom. The average molecular weight is 687 g/mol. The number of rotatable bonds is 35. The lowest BCUT2D eigenvalue weighted by molar-refractivity contribution is -0.167. The Hall–Kier alpha value is -2.63. The molecule has 0 spiro atoms. The molecule has 0 amide bonds. The van der Waals surface area contributed by atoms with Crippen LogP contribution in [-0.4, -0.2) is 37.2 Å². The van der Waals surface area contributed by atoms with Gasteiger partial charge in [-0.1, -0.05) is 146 Å². The third-order valence-electron chi connectivity index (χ3n) is 8.32. The molecule has 0 aromatic rings. The van der Waals surface area contributed by atoms with Gasteiger partial charge in [0.25, 0.3) is 0 Å². The molecule has 0 aliphatic rings. The number of unbranched alkanes of at least 4 members (excludes halogenated alkanes) is 16. The zero-order chi connectivity index (χ0) is 35.9. The number of carbonyl (C=O) groups excluding carboxylic acids is 3. The maximum absolute atomic E-state index is 12.6. The zero-order valence-electron chi connectivity index (χ0n) is 31.9. The van der Waals surface area contributed by atoms with E-state index >= 15 is 0 Å². The van der Waals surface area contributed by atoms with E-state index < -0.39 is 6.10 Å². The lowest BCUT2D eigenvalue weighted by Gasteiger charge is -2.18. The lowest BCUT2D eigenvalue weighted by atomic mass is 10.1. The molecule has 0 saturated heterocycles. The molecule has 49 heavy (non-hydrogen) atoms. The van der Waals surface area contributed by atoms with E-state index in [4.69, 9.17) is 14.2 Å². The molecule has 282 valence electrons. The van der Waals surface area contributed by atoms with E-state index in [2.05, 4.69) is 69.4 Å². The predicted molar refractivity (Wildman–Crippen MR) is 205 cm³/mol. The van der Waals surface area contributed by atoms with Crippen molar-refractivity contribution in [2.24, 2.45) is 0 Å². The van der Waals surface area contributed by atoms with Crippen molar-refractivity contribution < 1.29 is 28.6 Å². The van der Waals surface area contributed by atoms with Gasteiger partial charge in [-0.05, 0) is 70.6 Å². The van der Waals surface area contributed by atoms with Crippen molar-refractivity contribution in [3.05, 3.63) is 48.6 Å². The van der Waals surface area contributed by atoms with E-state index in [-0.39, 0.29) is 31.1 Å². The first-order valence-corrected chi connectivity index (χ1v) is 20.1. The third kappa shape index (κ3) is 36.5. The number of carbonyl (C=O) groups is 3. The first-order chi connectivity index (χ1) is 24.0. The van der Waals surface area contributed by atoms with Gasteiger partial charge >= 0.3 is 17.9 Å². The van der Waals surface area contributed by atoms with Gasteiger partial charge in [0.15, 0.2) is 6.10 Å². The second kappa shape index (κ2) is 38.2. The summed E-state index contributed by atoms with van der Waals surface area (Å²) >= 11 is 0. The minimum atomic E-state index is -0.792. The number of esters is 3. The van der Waals surface area contributed by atoms with Crippen LogP contribution < -0.4 is 0 Å². The maximum Gasteiger partial charge on any atom is 0.306 e. The van der Waals surface area contributed by atoms with E-state index in [1.54, 1.807) is 0 Å². The summed E-state index contributed by atoms with van der Waals surface area (Å²) in [5, 5.41) is 0. The molecular formula is C43H74O6. The van der Waals surface area contributed by atoms with Crippen LogP contribution >= 0.6 is 0 Å². The summed E-state index contributed by atoms with van der Waals surface area (Å²) < 4.78 is 16.5. The van der Waals surface area contributed by atoms with Crippen LogP contribution in [-0.2, 0) is 28.6 Å². The van der Waals surface area contributed by atoms with Crippen molar-refractivity contribution in [2.75, 3.05) is 13.2 Å². The SMILES string of the molecule is CC/C=C\C/C=C\C/C=C\CCCCC(=O)OCC(COC(=O)CCC/C=C\CCCCCC)OC(=O)CCCCCCCCCCCC. The molecule has 6 nitrogen and oxygen atoms in total. The summed E-state index contributed by atoms with van der Waals surface area (Å²) in [5.74, 6) is -0.981. The number of allylic oxidation sites excluding steroid dienone is 8. The van der Waals surface area contributed by atoms with E-state index in [0.29, 0.717) is 25.7 Å². The summed E-state index contributed by atoms with van der Waals surface area (Å²) in [5.41, 5.74) is 0.